The predicted octanol–water partition coefficient (Wildman–Crippen LogP) is 3.26. The normalized spacial score (nSPS) is 15.6. The summed E-state index contributed by atoms with van der Waals surface area (Å²) in [6.07, 6.45) is 2.80. The van der Waals surface area contributed by atoms with Crippen molar-refractivity contribution in [1.82, 2.24) is 10.2 Å². The molecule has 0 saturated carbocycles. The van der Waals surface area contributed by atoms with Gasteiger partial charge in [0.25, 0.3) is 0 Å². The first kappa shape index (κ1) is 18.7. The number of rotatable bonds is 8. The molecule has 2 aromatic rings. The molecule has 2 heterocycles. The number of hydrogen-bond acceptors (Lipinski definition) is 5. The van der Waals surface area contributed by atoms with Gasteiger partial charge in [0.15, 0.2) is 11.5 Å². The van der Waals surface area contributed by atoms with E-state index in [1.54, 1.807) is 25.6 Å². The van der Waals surface area contributed by atoms with Crippen molar-refractivity contribution in [2.75, 3.05) is 33.9 Å². The Morgan fingerprint density at radius 2 is 1.96 bits per heavy atom. The van der Waals surface area contributed by atoms with Crippen LogP contribution in [0.5, 0.6) is 11.5 Å². The third-order valence-corrected chi connectivity index (χ3v) is 5.52. The highest BCUT2D eigenvalue weighted by Crippen LogP contribution is 2.28. The molecule has 140 valence electrons. The SMILES string of the molecule is COc1ccc(CC(=O)NCC(c2ccsc2)N2CCCC2)cc1OC. The monoisotopic (exact) mass is 374 g/mol. The van der Waals surface area contributed by atoms with E-state index in [1.165, 1.54) is 18.4 Å². The molecule has 6 heteroatoms. The number of likely N-dealkylation sites (tertiary alicyclic amines) is 1. The molecule has 5 nitrogen and oxygen atoms in total. The molecule has 0 radical (unpaired) electrons. The van der Waals surface area contributed by atoms with Crippen LogP contribution >= 0.6 is 11.3 Å². The molecule has 1 aliphatic heterocycles. The molecule has 26 heavy (non-hydrogen) atoms. The van der Waals surface area contributed by atoms with Crippen LogP contribution in [0.1, 0.15) is 30.0 Å². The summed E-state index contributed by atoms with van der Waals surface area (Å²) in [7, 11) is 3.20. The van der Waals surface area contributed by atoms with Gasteiger partial charge in [0.1, 0.15) is 0 Å². The van der Waals surface area contributed by atoms with E-state index in [9.17, 15) is 4.79 Å². The van der Waals surface area contributed by atoms with Crippen LogP contribution in [0.4, 0.5) is 0 Å². The second-order valence-electron chi connectivity index (χ2n) is 6.49. The van der Waals surface area contributed by atoms with Gasteiger partial charge in [-0.3, -0.25) is 9.69 Å². The number of nitrogens with one attached hydrogen (secondary N) is 1. The Morgan fingerprint density at radius 3 is 2.62 bits per heavy atom. The first-order chi connectivity index (χ1) is 12.7. The average molecular weight is 375 g/mol. The van der Waals surface area contributed by atoms with Crippen LogP contribution in [-0.2, 0) is 11.2 Å². The number of benzene rings is 1. The van der Waals surface area contributed by atoms with Gasteiger partial charge in [-0.1, -0.05) is 6.07 Å². The lowest BCUT2D eigenvalue weighted by Crippen LogP contribution is -2.37. The molecule has 1 unspecified atom stereocenters. The second kappa shape index (κ2) is 9.05. The van der Waals surface area contributed by atoms with E-state index in [2.05, 4.69) is 27.0 Å². The Hall–Kier alpha value is -2.05. The molecule has 1 N–H and O–H groups in total. The van der Waals surface area contributed by atoms with Crippen molar-refractivity contribution in [2.24, 2.45) is 0 Å². The fourth-order valence-corrected chi connectivity index (χ4v) is 4.13. The number of methoxy groups -OCH3 is 2. The quantitative estimate of drug-likeness (QED) is 0.771. The summed E-state index contributed by atoms with van der Waals surface area (Å²) in [5.74, 6) is 1.34. The van der Waals surface area contributed by atoms with E-state index < -0.39 is 0 Å². The van der Waals surface area contributed by atoms with E-state index in [0.29, 0.717) is 24.5 Å². The molecule has 0 spiro atoms. The number of nitrogens with zero attached hydrogens (tertiary/aromatic N) is 1. The van der Waals surface area contributed by atoms with Crippen LogP contribution in [-0.4, -0.2) is 44.7 Å². The maximum Gasteiger partial charge on any atom is 0.224 e. The fourth-order valence-electron chi connectivity index (χ4n) is 3.42. The molecule has 3 rings (SSSR count). The molecule has 0 aliphatic carbocycles. The molecule has 1 aromatic heterocycles. The van der Waals surface area contributed by atoms with Crippen molar-refractivity contribution in [3.05, 3.63) is 46.2 Å². The number of amides is 1. The molecule has 1 amide bonds. The summed E-state index contributed by atoms with van der Waals surface area (Å²) in [6.45, 7) is 2.85. The molecule has 1 fully saturated rings. The number of thiophene rings is 1. The Kier molecular flexibility index (Phi) is 6.52. The van der Waals surface area contributed by atoms with Crippen molar-refractivity contribution in [3.8, 4) is 11.5 Å². The average Bonchev–Trinajstić information content (AvgIpc) is 3.36. The van der Waals surface area contributed by atoms with E-state index in [4.69, 9.17) is 9.47 Å². The molecule has 1 aliphatic rings. The highest BCUT2D eigenvalue weighted by atomic mass is 32.1. The third kappa shape index (κ3) is 4.56. The number of carbonyl (C=O) groups excluding carboxylic acids is 1. The first-order valence-corrected chi connectivity index (χ1v) is 9.89. The summed E-state index contributed by atoms with van der Waals surface area (Å²) < 4.78 is 10.6. The minimum Gasteiger partial charge on any atom is -0.493 e. The van der Waals surface area contributed by atoms with Gasteiger partial charge in [-0.25, -0.2) is 0 Å². The van der Waals surface area contributed by atoms with Crippen LogP contribution in [0.25, 0.3) is 0 Å². The predicted molar refractivity (Wildman–Crippen MR) is 104 cm³/mol. The van der Waals surface area contributed by atoms with Gasteiger partial charge >= 0.3 is 0 Å². The van der Waals surface area contributed by atoms with Crippen LogP contribution in [0.2, 0.25) is 0 Å². The maximum atomic E-state index is 12.5. The number of carbonyl (C=O) groups is 1. The zero-order chi connectivity index (χ0) is 18.4. The Bertz CT molecular complexity index is 712. The standard InChI is InChI=1S/C20H26N2O3S/c1-24-18-6-5-15(11-19(18)25-2)12-20(23)21-13-17(16-7-10-26-14-16)22-8-3-4-9-22/h5-7,10-11,14,17H,3-4,8-9,12-13H2,1-2H3,(H,21,23). The van der Waals surface area contributed by atoms with Gasteiger partial charge in [0.05, 0.1) is 26.7 Å². The van der Waals surface area contributed by atoms with Gasteiger partial charge in [0, 0.05) is 6.54 Å². The minimum absolute atomic E-state index is 0.0247. The lowest BCUT2D eigenvalue weighted by Gasteiger charge is -2.27. The number of hydrogen-bond donors (Lipinski definition) is 1. The Morgan fingerprint density at radius 1 is 1.19 bits per heavy atom. The van der Waals surface area contributed by atoms with Crippen LogP contribution in [0.15, 0.2) is 35.0 Å². The summed E-state index contributed by atoms with van der Waals surface area (Å²) in [4.78, 5) is 14.9. The van der Waals surface area contributed by atoms with Crippen LogP contribution < -0.4 is 14.8 Å². The first-order valence-electron chi connectivity index (χ1n) is 8.95. The summed E-state index contributed by atoms with van der Waals surface area (Å²) >= 11 is 1.71. The lowest BCUT2D eigenvalue weighted by molar-refractivity contribution is -0.120. The maximum absolute atomic E-state index is 12.5. The Balaban J connectivity index is 1.60. The van der Waals surface area contributed by atoms with E-state index in [-0.39, 0.29) is 11.9 Å². The largest absolute Gasteiger partial charge is 0.493 e. The van der Waals surface area contributed by atoms with Gasteiger partial charge < -0.3 is 14.8 Å². The van der Waals surface area contributed by atoms with Crippen molar-refractivity contribution < 1.29 is 14.3 Å². The van der Waals surface area contributed by atoms with Gasteiger partial charge in [-0.2, -0.15) is 11.3 Å². The van der Waals surface area contributed by atoms with E-state index in [0.717, 1.165) is 18.7 Å². The molecule has 0 bridgehead atoms. The highest BCUT2D eigenvalue weighted by molar-refractivity contribution is 7.07. The molecule has 1 atom stereocenters. The molecule has 1 aromatic carbocycles. The zero-order valence-electron chi connectivity index (χ0n) is 15.4. The lowest BCUT2D eigenvalue weighted by atomic mass is 10.1. The van der Waals surface area contributed by atoms with Crippen molar-refractivity contribution >= 4 is 17.2 Å². The van der Waals surface area contributed by atoms with Gasteiger partial charge in [0.2, 0.25) is 5.91 Å². The van der Waals surface area contributed by atoms with Crippen molar-refractivity contribution in [2.45, 2.75) is 25.3 Å². The topological polar surface area (TPSA) is 50.8 Å². The zero-order valence-corrected chi connectivity index (χ0v) is 16.2. The van der Waals surface area contributed by atoms with Gasteiger partial charge in [-0.15, -0.1) is 0 Å². The smallest absolute Gasteiger partial charge is 0.224 e. The highest BCUT2D eigenvalue weighted by Gasteiger charge is 2.24. The van der Waals surface area contributed by atoms with Gasteiger partial charge in [-0.05, 0) is 66.0 Å². The minimum atomic E-state index is 0.0247. The van der Waals surface area contributed by atoms with Crippen LogP contribution in [0, 0.1) is 0 Å². The van der Waals surface area contributed by atoms with Crippen LogP contribution in [0.3, 0.4) is 0 Å². The summed E-state index contributed by atoms with van der Waals surface area (Å²) in [5.41, 5.74) is 2.21. The fraction of sp³-hybridized carbons (Fsp3) is 0.450. The van der Waals surface area contributed by atoms with Crippen molar-refractivity contribution in [1.29, 1.82) is 0 Å². The molecular formula is C20H26N2O3S. The van der Waals surface area contributed by atoms with E-state index >= 15 is 0 Å². The molecule has 1 saturated heterocycles. The van der Waals surface area contributed by atoms with Crippen molar-refractivity contribution in [3.63, 3.8) is 0 Å². The Labute approximate surface area is 158 Å². The molecular weight excluding hydrogens is 348 g/mol. The summed E-state index contributed by atoms with van der Waals surface area (Å²) in [6, 6.07) is 8.01. The number of ether oxygens (including phenoxy) is 2. The second-order valence-corrected chi connectivity index (χ2v) is 7.27. The van der Waals surface area contributed by atoms with E-state index in [1.807, 2.05) is 18.2 Å². The summed E-state index contributed by atoms with van der Waals surface area (Å²) in [5, 5.41) is 7.40. The third-order valence-electron chi connectivity index (χ3n) is 4.81.